The van der Waals surface area contributed by atoms with Crippen molar-refractivity contribution < 1.29 is 18.3 Å². The van der Waals surface area contributed by atoms with Gasteiger partial charge in [-0.15, -0.1) is 12.4 Å². The topological polar surface area (TPSA) is 46.2 Å². The number of hydrogen-bond donors (Lipinski definition) is 2. The molecule has 2 nitrogen and oxygen atoms in total. The summed E-state index contributed by atoms with van der Waals surface area (Å²) in [5.74, 6) is 0.117. The Bertz CT molecular complexity index is 368. The van der Waals surface area contributed by atoms with Gasteiger partial charge in [0, 0.05) is 12.5 Å². The van der Waals surface area contributed by atoms with Crippen molar-refractivity contribution in [1.82, 2.24) is 0 Å². The van der Waals surface area contributed by atoms with E-state index in [1.807, 2.05) is 0 Å². The molecule has 6 heteroatoms. The summed E-state index contributed by atoms with van der Waals surface area (Å²) >= 11 is 0. The Morgan fingerprint density at radius 3 is 2.41 bits per heavy atom. The van der Waals surface area contributed by atoms with Crippen LogP contribution >= 0.6 is 12.4 Å². The van der Waals surface area contributed by atoms with Crippen LogP contribution in [0.4, 0.5) is 13.2 Å². The summed E-state index contributed by atoms with van der Waals surface area (Å²) in [6.07, 6.45) is -5.22. The van der Waals surface area contributed by atoms with E-state index in [4.69, 9.17) is 5.73 Å². The van der Waals surface area contributed by atoms with Gasteiger partial charge in [0.2, 0.25) is 0 Å². The predicted molar refractivity (Wildman–Crippen MR) is 62.3 cm³/mol. The lowest BCUT2D eigenvalue weighted by Crippen LogP contribution is -2.15. The Morgan fingerprint density at radius 1 is 1.35 bits per heavy atom. The number of phenols is 1. The van der Waals surface area contributed by atoms with Crippen LogP contribution in [0.1, 0.15) is 30.0 Å². The summed E-state index contributed by atoms with van der Waals surface area (Å²) in [4.78, 5) is 0. The standard InChI is InChI=1S/C11H14F3NO.ClH/c1-7-6-8(2-3-10(7)16)9(15)4-5-11(12,13)14;/h2-3,6,9,16H,4-5,15H2,1H3;1H/t9-;/m0./s1. The van der Waals surface area contributed by atoms with Crippen LogP contribution in [0.5, 0.6) is 5.75 Å². The molecule has 3 N–H and O–H groups in total. The smallest absolute Gasteiger partial charge is 0.389 e. The molecule has 1 rings (SSSR count). The average Bonchev–Trinajstić information content (AvgIpc) is 2.17. The maximum absolute atomic E-state index is 12.0. The summed E-state index contributed by atoms with van der Waals surface area (Å²) < 4.78 is 35.9. The second-order valence-corrected chi connectivity index (χ2v) is 3.81. The van der Waals surface area contributed by atoms with Crippen molar-refractivity contribution in [3.05, 3.63) is 29.3 Å². The Hall–Kier alpha value is -0.940. The minimum atomic E-state index is -4.18. The molecule has 0 aliphatic heterocycles. The molecule has 98 valence electrons. The van der Waals surface area contributed by atoms with Gasteiger partial charge in [0.1, 0.15) is 5.75 Å². The lowest BCUT2D eigenvalue weighted by atomic mass is 10.0. The number of alkyl halides is 3. The summed E-state index contributed by atoms with van der Waals surface area (Å²) in [6.45, 7) is 1.68. The Morgan fingerprint density at radius 2 is 1.94 bits per heavy atom. The first kappa shape index (κ1) is 16.1. The number of benzene rings is 1. The van der Waals surface area contributed by atoms with E-state index in [9.17, 15) is 18.3 Å². The second kappa shape index (κ2) is 6.12. The van der Waals surface area contributed by atoms with Gasteiger partial charge in [-0.1, -0.05) is 12.1 Å². The molecule has 1 atom stereocenters. The van der Waals surface area contributed by atoms with Gasteiger partial charge in [-0.25, -0.2) is 0 Å². The van der Waals surface area contributed by atoms with Gasteiger partial charge in [0.05, 0.1) is 0 Å². The SMILES string of the molecule is Cc1cc([C@@H](N)CCC(F)(F)F)ccc1O.Cl. The highest BCUT2D eigenvalue weighted by molar-refractivity contribution is 5.85. The van der Waals surface area contributed by atoms with Crippen molar-refractivity contribution in [2.75, 3.05) is 0 Å². The van der Waals surface area contributed by atoms with E-state index in [-0.39, 0.29) is 24.6 Å². The number of phenolic OH excluding ortho intramolecular Hbond substituents is 1. The van der Waals surface area contributed by atoms with E-state index in [0.717, 1.165) is 0 Å². The van der Waals surface area contributed by atoms with E-state index in [1.165, 1.54) is 6.07 Å². The number of hydrogen-bond acceptors (Lipinski definition) is 2. The lowest BCUT2D eigenvalue weighted by molar-refractivity contribution is -0.136. The molecule has 0 fully saturated rings. The fraction of sp³-hybridized carbons (Fsp3) is 0.455. The van der Waals surface area contributed by atoms with Gasteiger partial charge in [-0.05, 0) is 30.5 Å². The highest BCUT2D eigenvalue weighted by Gasteiger charge is 2.27. The fourth-order valence-corrected chi connectivity index (χ4v) is 1.40. The molecule has 1 aromatic carbocycles. The Balaban J connectivity index is 0.00000256. The van der Waals surface area contributed by atoms with Crippen LogP contribution < -0.4 is 5.73 Å². The zero-order valence-electron chi connectivity index (χ0n) is 9.29. The van der Waals surface area contributed by atoms with Crippen LogP contribution in [-0.4, -0.2) is 11.3 Å². The van der Waals surface area contributed by atoms with E-state index < -0.39 is 18.6 Å². The summed E-state index contributed by atoms with van der Waals surface area (Å²) in [5, 5.41) is 9.26. The molecule has 0 amide bonds. The molecule has 1 aromatic rings. The minimum absolute atomic E-state index is 0. The van der Waals surface area contributed by atoms with Crippen molar-refractivity contribution in [3.8, 4) is 5.75 Å². The summed E-state index contributed by atoms with van der Waals surface area (Å²) in [6, 6.07) is 3.94. The molecule has 0 spiro atoms. The van der Waals surface area contributed by atoms with Gasteiger partial charge in [-0.2, -0.15) is 13.2 Å². The van der Waals surface area contributed by atoms with Crippen molar-refractivity contribution in [2.45, 2.75) is 32.0 Å². The number of nitrogens with two attached hydrogens (primary N) is 1. The molecule has 0 aliphatic rings. The first-order chi connectivity index (χ1) is 7.29. The van der Waals surface area contributed by atoms with Gasteiger partial charge >= 0.3 is 6.18 Å². The second-order valence-electron chi connectivity index (χ2n) is 3.81. The van der Waals surface area contributed by atoms with Crippen LogP contribution in [0.25, 0.3) is 0 Å². The molecule has 0 saturated carbocycles. The van der Waals surface area contributed by atoms with Crippen molar-refractivity contribution in [2.24, 2.45) is 5.73 Å². The van der Waals surface area contributed by atoms with Crippen LogP contribution in [0.15, 0.2) is 18.2 Å². The third-order valence-corrected chi connectivity index (χ3v) is 2.39. The van der Waals surface area contributed by atoms with Crippen LogP contribution in [0.2, 0.25) is 0 Å². The van der Waals surface area contributed by atoms with Gasteiger partial charge < -0.3 is 10.8 Å². The molecule has 0 heterocycles. The van der Waals surface area contributed by atoms with E-state index >= 15 is 0 Å². The first-order valence-corrected chi connectivity index (χ1v) is 4.91. The lowest BCUT2D eigenvalue weighted by Gasteiger charge is -2.14. The average molecular weight is 270 g/mol. The van der Waals surface area contributed by atoms with E-state index in [1.54, 1.807) is 19.1 Å². The highest BCUT2D eigenvalue weighted by Crippen LogP contribution is 2.28. The fourth-order valence-electron chi connectivity index (χ4n) is 1.40. The third kappa shape index (κ3) is 5.28. The normalized spacial score (nSPS) is 13.0. The molecular formula is C11H15ClF3NO. The maximum atomic E-state index is 12.0. The number of aromatic hydroxyl groups is 1. The first-order valence-electron chi connectivity index (χ1n) is 4.91. The molecule has 0 radical (unpaired) electrons. The summed E-state index contributed by atoms with van der Waals surface area (Å²) in [7, 11) is 0. The predicted octanol–water partition coefficient (Wildman–Crippen LogP) is 3.46. The van der Waals surface area contributed by atoms with Crippen molar-refractivity contribution in [1.29, 1.82) is 0 Å². The van der Waals surface area contributed by atoms with E-state index in [0.29, 0.717) is 11.1 Å². The monoisotopic (exact) mass is 269 g/mol. The van der Waals surface area contributed by atoms with Crippen LogP contribution in [0, 0.1) is 6.92 Å². The zero-order valence-corrected chi connectivity index (χ0v) is 10.1. The molecule has 17 heavy (non-hydrogen) atoms. The van der Waals surface area contributed by atoms with E-state index in [2.05, 4.69) is 0 Å². The number of halogens is 4. The van der Waals surface area contributed by atoms with Gasteiger partial charge in [-0.3, -0.25) is 0 Å². The zero-order chi connectivity index (χ0) is 12.3. The molecule has 0 aliphatic carbocycles. The third-order valence-electron chi connectivity index (χ3n) is 2.39. The number of rotatable bonds is 3. The molecule has 0 aromatic heterocycles. The Kier molecular flexibility index (Phi) is 5.78. The van der Waals surface area contributed by atoms with Gasteiger partial charge in [0.15, 0.2) is 0 Å². The van der Waals surface area contributed by atoms with Gasteiger partial charge in [0.25, 0.3) is 0 Å². The quantitative estimate of drug-likeness (QED) is 0.883. The maximum Gasteiger partial charge on any atom is 0.389 e. The molecule has 0 bridgehead atoms. The largest absolute Gasteiger partial charge is 0.508 e. The molecular weight excluding hydrogens is 255 g/mol. The van der Waals surface area contributed by atoms with Crippen LogP contribution in [-0.2, 0) is 0 Å². The summed E-state index contributed by atoms with van der Waals surface area (Å²) in [5.41, 5.74) is 6.86. The van der Waals surface area contributed by atoms with Crippen LogP contribution in [0.3, 0.4) is 0 Å². The minimum Gasteiger partial charge on any atom is -0.508 e. The number of aryl methyl sites for hydroxylation is 1. The highest BCUT2D eigenvalue weighted by atomic mass is 35.5. The van der Waals surface area contributed by atoms with Crippen molar-refractivity contribution in [3.63, 3.8) is 0 Å². The van der Waals surface area contributed by atoms with Crippen molar-refractivity contribution >= 4 is 12.4 Å². The molecule has 0 unspecified atom stereocenters. The Labute approximate surface area is 104 Å². The molecule has 0 saturated heterocycles.